The number of nitrogens with zero attached hydrogens (tertiary/aromatic N) is 1. The first kappa shape index (κ1) is 15.8. The third-order valence-corrected chi connectivity index (χ3v) is 2.54. The van der Waals surface area contributed by atoms with Crippen LogP contribution in [-0.4, -0.2) is 37.4 Å². The van der Waals surface area contributed by atoms with Crippen molar-refractivity contribution in [2.24, 2.45) is 0 Å². The molecule has 1 aromatic rings. The Morgan fingerprint density at radius 3 is 2.35 bits per heavy atom. The summed E-state index contributed by atoms with van der Waals surface area (Å²) in [6.45, 7) is 3.68. The number of likely N-dealkylation sites (N-methyl/N-ethyl adjacent to an activating group) is 1. The van der Waals surface area contributed by atoms with Gasteiger partial charge in [-0.25, -0.2) is 0 Å². The Bertz CT molecular complexity index is 502. The van der Waals surface area contributed by atoms with Crippen LogP contribution in [-0.2, 0) is 9.59 Å². The smallest absolute Gasteiger partial charge is 0.246 e. The molecule has 0 aliphatic rings. The van der Waals surface area contributed by atoms with Crippen LogP contribution in [0.4, 0.5) is 5.69 Å². The molecule has 0 unspecified atom stereocenters. The predicted octanol–water partition coefficient (Wildman–Crippen LogP) is 2.06. The van der Waals surface area contributed by atoms with E-state index in [0.717, 1.165) is 11.3 Å². The molecule has 0 radical (unpaired) electrons. The zero-order valence-corrected chi connectivity index (χ0v) is 12.3. The Morgan fingerprint density at radius 1 is 1.25 bits per heavy atom. The monoisotopic (exact) mass is 276 g/mol. The molecular formula is C15H20N2O3. The summed E-state index contributed by atoms with van der Waals surface area (Å²) in [4.78, 5) is 24.9. The Kier molecular flexibility index (Phi) is 5.77. The maximum absolute atomic E-state index is 11.8. The van der Waals surface area contributed by atoms with Gasteiger partial charge in [-0.3, -0.25) is 9.59 Å². The number of rotatable bonds is 5. The number of nitrogens with one attached hydrogen (secondary N) is 1. The Labute approximate surface area is 119 Å². The van der Waals surface area contributed by atoms with Gasteiger partial charge in [0, 0.05) is 18.8 Å². The van der Waals surface area contributed by atoms with Crippen LogP contribution in [0.15, 0.2) is 35.9 Å². The lowest BCUT2D eigenvalue weighted by molar-refractivity contribution is -0.129. The molecule has 5 nitrogen and oxygen atoms in total. The first-order valence-electron chi connectivity index (χ1n) is 6.26. The van der Waals surface area contributed by atoms with Crippen LogP contribution in [0.5, 0.6) is 5.75 Å². The van der Waals surface area contributed by atoms with Crippen molar-refractivity contribution in [3.8, 4) is 5.75 Å². The van der Waals surface area contributed by atoms with E-state index < -0.39 is 0 Å². The van der Waals surface area contributed by atoms with Crippen LogP contribution in [0.3, 0.4) is 0 Å². The second-order valence-electron chi connectivity index (χ2n) is 4.69. The van der Waals surface area contributed by atoms with Crippen molar-refractivity contribution >= 4 is 17.5 Å². The second-order valence-corrected chi connectivity index (χ2v) is 4.69. The highest BCUT2D eigenvalue weighted by Gasteiger charge is 2.11. The van der Waals surface area contributed by atoms with E-state index >= 15 is 0 Å². The minimum absolute atomic E-state index is 0.00857. The van der Waals surface area contributed by atoms with Crippen LogP contribution in [0, 0.1) is 0 Å². The molecule has 0 saturated carbocycles. The highest BCUT2D eigenvalue weighted by Crippen LogP contribution is 2.14. The number of carbonyl (C=O) groups is 2. The van der Waals surface area contributed by atoms with Gasteiger partial charge in [0.15, 0.2) is 0 Å². The van der Waals surface area contributed by atoms with Crippen molar-refractivity contribution in [3.63, 3.8) is 0 Å². The molecule has 0 aliphatic heterocycles. The van der Waals surface area contributed by atoms with E-state index in [4.69, 9.17) is 4.74 Å². The number of hydrogen-bond acceptors (Lipinski definition) is 3. The maximum atomic E-state index is 11.8. The number of carbonyl (C=O) groups excluding carboxylic acids is 2. The van der Waals surface area contributed by atoms with Gasteiger partial charge in [-0.2, -0.15) is 0 Å². The van der Waals surface area contributed by atoms with E-state index in [1.165, 1.54) is 11.0 Å². The SMILES string of the molecule is COc1ccc(NC(=O)CN(C)C(=O)C=C(C)C)cc1. The van der Waals surface area contributed by atoms with Gasteiger partial charge in [-0.1, -0.05) is 5.57 Å². The number of anilines is 1. The number of ether oxygens (including phenoxy) is 1. The Balaban J connectivity index is 2.54. The standard InChI is InChI=1S/C15H20N2O3/c1-11(2)9-15(19)17(3)10-14(18)16-12-5-7-13(20-4)8-6-12/h5-9H,10H2,1-4H3,(H,16,18). The molecule has 0 heterocycles. The highest BCUT2D eigenvalue weighted by atomic mass is 16.5. The first-order chi connectivity index (χ1) is 9.42. The molecule has 0 aliphatic carbocycles. The summed E-state index contributed by atoms with van der Waals surface area (Å²) in [6, 6.07) is 7.00. The minimum Gasteiger partial charge on any atom is -0.497 e. The fourth-order valence-corrected chi connectivity index (χ4v) is 1.53. The minimum atomic E-state index is -0.242. The largest absolute Gasteiger partial charge is 0.497 e. The van der Waals surface area contributed by atoms with Gasteiger partial charge in [0.05, 0.1) is 13.7 Å². The van der Waals surface area contributed by atoms with Crippen LogP contribution in [0.25, 0.3) is 0 Å². The lowest BCUT2D eigenvalue weighted by Gasteiger charge is -2.15. The van der Waals surface area contributed by atoms with Crippen molar-refractivity contribution in [3.05, 3.63) is 35.9 Å². The lowest BCUT2D eigenvalue weighted by Crippen LogP contribution is -2.34. The normalized spacial score (nSPS) is 9.60. The number of allylic oxidation sites excluding steroid dienone is 1. The van der Waals surface area contributed by atoms with Gasteiger partial charge in [0.2, 0.25) is 11.8 Å². The molecule has 2 amide bonds. The fourth-order valence-electron chi connectivity index (χ4n) is 1.53. The zero-order chi connectivity index (χ0) is 15.1. The molecular weight excluding hydrogens is 256 g/mol. The fraction of sp³-hybridized carbons (Fsp3) is 0.333. The van der Waals surface area contributed by atoms with Crippen LogP contribution in [0.1, 0.15) is 13.8 Å². The summed E-state index contributed by atoms with van der Waals surface area (Å²) in [7, 11) is 3.17. The molecule has 0 spiro atoms. The molecule has 5 heteroatoms. The predicted molar refractivity (Wildman–Crippen MR) is 78.7 cm³/mol. The van der Waals surface area contributed by atoms with Crippen molar-refractivity contribution in [2.75, 3.05) is 26.0 Å². The van der Waals surface area contributed by atoms with Crippen molar-refractivity contribution in [1.29, 1.82) is 0 Å². The quantitative estimate of drug-likeness (QED) is 0.837. The summed E-state index contributed by atoms with van der Waals surface area (Å²) >= 11 is 0. The highest BCUT2D eigenvalue weighted by molar-refractivity contribution is 5.96. The first-order valence-corrected chi connectivity index (χ1v) is 6.26. The molecule has 0 bridgehead atoms. The molecule has 1 rings (SSSR count). The zero-order valence-electron chi connectivity index (χ0n) is 12.3. The number of hydrogen-bond donors (Lipinski definition) is 1. The van der Waals surface area contributed by atoms with E-state index in [1.54, 1.807) is 38.4 Å². The topological polar surface area (TPSA) is 58.6 Å². The Morgan fingerprint density at radius 2 is 1.85 bits per heavy atom. The van der Waals surface area contributed by atoms with E-state index in [2.05, 4.69) is 5.32 Å². The molecule has 0 atom stereocenters. The molecule has 0 saturated heterocycles. The van der Waals surface area contributed by atoms with Crippen molar-refractivity contribution in [2.45, 2.75) is 13.8 Å². The van der Waals surface area contributed by atoms with E-state index in [0.29, 0.717) is 5.69 Å². The average molecular weight is 276 g/mol. The van der Waals surface area contributed by atoms with Crippen LogP contribution >= 0.6 is 0 Å². The van der Waals surface area contributed by atoms with Gasteiger partial charge >= 0.3 is 0 Å². The van der Waals surface area contributed by atoms with Crippen LogP contribution in [0.2, 0.25) is 0 Å². The molecule has 108 valence electrons. The molecule has 1 N–H and O–H groups in total. The van der Waals surface area contributed by atoms with E-state index in [1.807, 2.05) is 13.8 Å². The third kappa shape index (κ3) is 5.14. The molecule has 20 heavy (non-hydrogen) atoms. The van der Waals surface area contributed by atoms with E-state index in [9.17, 15) is 9.59 Å². The molecule has 1 aromatic carbocycles. The summed E-state index contributed by atoms with van der Waals surface area (Å²) in [6.07, 6.45) is 1.50. The average Bonchev–Trinajstić information content (AvgIpc) is 2.38. The summed E-state index contributed by atoms with van der Waals surface area (Å²) in [5, 5.41) is 2.72. The van der Waals surface area contributed by atoms with Crippen LogP contribution < -0.4 is 10.1 Å². The van der Waals surface area contributed by atoms with Gasteiger partial charge in [-0.05, 0) is 38.1 Å². The van der Waals surface area contributed by atoms with Crippen molar-refractivity contribution in [1.82, 2.24) is 4.90 Å². The number of amides is 2. The van der Waals surface area contributed by atoms with E-state index in [-0.39, 0.29) is 18.4 Å². The third-order valence-electron chi connectivity index (χ3n) is 2.54. The van der Waals surface area contributed by atoms with Gasteiger partial charge in [-0.15, -0.1) is 0 Å². The maximum Gasteiger partial charge on any atom is 0.246 e. The van der Waals surface area contributed by atoms with Gasteiger partial charge in [0.25, 0.3) is 0 Å². The summed E-state index contributed by atoms with van der Waals surface area (Å²) in [5.74, 6) is 0.293. The van der Waals surface area contributed by atoms with Gasteiger partial charge in [0.1, 0.15) is 5.75 Å². The van der Waals surface area contributed by atoms with Crippen molar-refractivity contribution < 1.29 is 14.3 Å². The van der Waals surface area contributed by atoms with Gasteiger partial charge < -0.3 is 15.0 Å². The Hall–Kier alpha value is -2.30. The lowest BCUT2D eigenvalue weighted by atomic mass is 10.3. The molecule has 0 fully saturated rings. The summed E-state index contributed by atoms with van der Waals surface area (Å²) in [5.41, 5.74) is 1.57. The molecule has 0 aromatic heterocycles. The second kappa shape index (κ2) is 7.33. The number of benzene rings is 1. The summed E-state index contributed by atoms with van der Waals surface area (Å²) < 4.78 is 5.04. The number of methoxy groups -OCH3 is 1.